The van der Waals surface area contributed by atoms with Crippen LogP contribution >= 0.6 is 0 Å². The molecule has 0 heterocycles. The number of benzene rings is 1. The zero-order chi connectivity index (χ0) is 15.1. The molecule has 0 fully saturated rings. The van der Waals surface area contributed by atoms with Crippen LogP contribution in [0.3, 0.4) is 0 Å². The Labute approximate surface area is 121 Å². The molecule has 114 valence electrons. The smallest absolute Gasteiger partial charge is 0.133 e. The van der Waals surface area contributed by atoms with Crippen LogP contribution in [0.1, 0.15) is 63.6 Å². The molecule has 0 aromatic heterocycles. The summed E-state index contributed by atoms with van der Waals surface area (Å²) in [5, 5.41) is 3.29. The lowest BCUT2D eigenvalue weighted by Crippen LogP contribution is -2.30. The fourth-order valence-electron chi connectivity index (χ4n) is 2.76. The zero-order valence-electron chi connectivity index (χ0n) is 13.1. The molecule has 0 spiro atoms. The van der Waals surface area contributed by atoms with Gasteiger partial charge >= 0.3 is 0 Å². The molecule has 1 rings (SSSR count). The van der Waals surface area contributed by atoms with Gasteiger partial charge in [0.2, 0.25) is 0 Å². The van der Waals surface area contributed by atoms with E-state index >= 15 is 0 Å². The second-order valence-corrected chi connectivity index (χ2v) is 5.44. The maximum absolute atomic E-state index is 14.4. The molecule has 0 radical (unpaired) electrons. The van der Waals surface area contributed by atoms with Crippen LogP contribution in [0.4, 0.5) is 8.78 Å². The number of aryl methyl sites for hydroxylation is 1. The minimum atomic E-state index is -0.436. The van der Waals surface area contributed by atoms with Crippen molar-refractivity contribution in [2.75, 3.05) is 6.54 Å². The second kappa shape index (κ2) is 8.35. The van der Waals surface area contributed by atoms with E-state index in [1.165, 1.54) is 12.1 Å². The summed E-state index contributed by atoms with van der Waals surface area (Å²) in [4.78, 5) is 0. The minimum absolute atomic E-state index is 0.217. The van der Waals surface area contributed by atoms with Crippen LogP contribution in [0.5, 0.6) is 0 Å². The summed E-state index contributed by atoms with van der Waals surface area (Å²) < 4.78 is 28.5. The maximum Gasteiger partial charge on any atom is 0.133 e. The predicted molar refractivity (Wildman–Crippen MR) is 80.8 cm³/mol. The van der Waals surface area contributed by atoms with Crippen molar-refractivity contribution in [3.8, 4) is 0 Å². The van der Waals surface area contributed by atoms with E-state index in [0.717, 1.165) is 25.7 Å². The molecule has 1 nitrogen and oxygen atoms in total. The fraction of sp³-hybridized carbons (Fsp3) is 0.647. The first kappa shape index (κ1) is 17.1. The van der Waals surface area contributed by atoms with Crippen molar-refractivity contribution in [2.24, 2.45) is 5.92 Å². The Kier molecular flexibility index (Phi) is 7.14. The van der Waals surface area contributed by atoms with Gasteiger partial charge in [-0.25, -0.2) is 8.78 Å². The molecular formula is C17H27F2N. The lowest BCUT2D eigenvalue weighted by molar-refractivity contribution is 0.311. The molecule has 1 aromatic rings. The minimum Gasteiger partial charge on any atom is -0.310 e. The number of nitrogens with one attached hydrogen (secondary N) is 1. The molecule has 1 N–H and O–H groups in total. The van der Waals surface area contributed by atoms with Crippen LogP contribution in [0.25, 0.3) is 0 Å². The third-order valence-corrected chi connectivity index (χ3v) is 3.98. The van der Waals surface area contributed by atoms with Crippen LogP contribution < -0.4 is 5.32 Å². The molecule has 1 aromatic carbocycles. The van der Waals surface area contributed by atoms with Crippen molar-refractivity contribution in [3.05, 3.63) is 34.9 Å². The Morgan fingerprint density at radius 1 is 1.15 bits per heavy atom. The second-order valence-electron chi connectivity index (χ2n) is 5.44. The van der Waals surface area contributed by atoms with E-state index in [-0.39, 0.29) is 17.5 Å². The van der Waals surface area contributed by atoms with Crippen LogP contribution in [-0.4, -0.2) is 6.54 Å². The Bertz CT molecular complexity index is 418. The van der Waals surface area contributed by atoms with Crippen molar-refractivity contribution >= 4 is 0 Å². The largest absolute Gasteiger partial charge is 0.310 e. The van der Waals surface area contributed by atoms with Gasteiger partial charge < -0.3 is 5.32 Å². The molecule has 0 aliphatic heterocycles. The highest BCUT2D eigenvalue weighted by Gasteiger charge is 2.27. The molecule has 0 aliphatic carbocycles. The van der Waals surface area contributed by atoms with Gasteiger partial charge in [0, 0.05) is 11.6 Å². The van der Waals surface area contributed by atoms with Crippen molar-refractivity contribution in [1.82, 2.24) is 5.32 Å². The molecule has 2 unspecified atom stereocenters. The van der Waals surface area contributed by atoms with Gasteiger partial charge in [0.1, 0.15) is 11.6 Å². The first-order valence-corrected chi connectivity index (χ1v) is 7.74. The average Bonchev–Trinajstić information content (AvgIpc) is 2.44. The van der Waals surface area contributed by atoms with Crippen molar-refractivity contribution in [2.45, 2.75) is 59.4 Å². The van der Waals surface area contributed by atoms with Crippen LogP contribution in [0.15, 0.2) is 12.1 Å². The highest BCUT2D eigenvalue weighted by atomic mass is 19.1. The lowest BCUT2D eigenvalue weighted by atomic mass is 9.85. The summed E-state index contributed by atoms with van der Waals surface area (Å²) in [6, 6.07) is 2.64. The predicted octanol–water partition coefficient (Wildman–Crippen LogP) is 5.14. The van der Waals surface area contributed by atoms with Crippen LogP contribution in [0, 0.1) is 24.5 Å². The molecule has 0 saturated carbocycles. The van der Waals surface area contributed by atoms with E-state index in [0.29, 0.717) is 12.1 Å². The fourth-order valence-corrected chi connectivity index (χ4v) is 2.76. The summed E-state index contributed by atoms with van der Waals surface area (Å²) >= 11 is 0. The third kappa shape index (κ3) is 4.02. The molecule has 3 heteroatoms. The average molecular weight is 283 g/mol. The van der Waals surface area contributed by atoms with Crippen molar-refractivity contribution in [3.63, 3.8) is 0 Å². The number of rotatable bonds is 8. The van der Waals surface area contributed by atoms with E-state index in [1.54, 1.807) is 6.92 Å². The Hall–Kier alpha value is -0.960. The summed E-state index contributed by atoms with van der Waals surface area (Å²) in [6.07, 6.45) is 4.12. The van der Waals surface area contributed by atoms with Crippen molar-refractivity contribution < 1.29 is 8.78 Å². The van der Waals surface area contributed by atoms with Gasteiger partial charge in [0.25, 0.3) is 0 Å². The van der Waals surface area contributed by atoms with Gasteiger partial charge in [-0.15, -0.1) is 0 Å². The summed E-state index contributed by atoms with van der Waals surface area (Å²) in [5.41, 5.74) is 0.726. The number of hydrogen-bond donors (Lipinski definition) is 1. The van der Waals surface area contributed by atoms with E-state index < -0.39 is 11.6 Å². The van der Waals surface area contributed by atoms with E-state index in [1.807, 2.05) is 6.92 Å². The quantitative estimate of drug-likeness (QED) is 0.696. The van der Waals surface area contributed by atoms with E-state index in [4.69, 9.17) is 0 Å². The molecule has 0 amide bonds. The summed E-state index contributed by atoms with van der Waals surface area (Å²) in [7, 11) is 0. The van der Waals surface area contributed by atoms with Crippen LogP contribution in [0.2, 0.25) is 0 Å². The molecule has 20 heavy (non-hydrogen) atoms. The van der Waals surface area contributed by atoms with E-state index in [9.17, 15) is 8.78 Å². The maximum atomic E-state index is 14.4. The van der Waals surface area contributed by atoms with Gasteiger partial charge in [-0.05, 0) is 37.4 Å². The number of halogens is 2. The lowest BCUT2D eigenvalue weighted by Gasteiger charge is -2.28. The first-order valence-electron chi connectivity index (χ1n) is 7.74. The Balaban J connectivity index is 3.15. The highest BCUT2D eigenvalue weighted by Crippen LogP contribution is 2.33. The highest BCUT2D eigenvalue weighted by molar-refractivity contribution is 5.29. The monoisotopic (exact) mass is 283 g/mol. The van der Waals surface area contributed by atoms with E-state index in [2.05, 4.69) is 19.2 Å². The third-order valence-electron chi connectivity index (χ3n) is 3.98. The molecule has 0 saturated heterocycles. The standard InChI is InChI=1S/C17H27F2N/c1-5-8-9-13(6-2)17(20-7-3)15-14(18)11-10-12(4)16(15)19/h10-11,13,17,20H,5-9H2,1-4H3. The van der Waals surface area contributed by atoms with Gasteiger partial charge in [0.15, 0.2) is 0 Å². The molecular weight excluding hydrogens is 256 g/mol. The molecule has 0 aliphatic rings. The van der Waals surface area contributed by atoms with Gasteiger partial charge in [-0.1, -0.05) is 46.1 Å². The number of unbranched alkanes of at least 4 members (excludes halogenated alkanes) is 1. The number of hydrogen-bond acceptors (Lipinski definition) is 1. The molecule has 0 bridgehead atoms. The van der Waals surface area contributed by atoms with Gasteiger partial charge in [0.05, 0.1) is 0 Å². The Morgan fingerprint density at radius 3 is 2.40 bits per heavy atom. The topological polar surface area (TPSA) is 12.0 Å². The zero-order valence-corrected chi connectivity index (χ0v) is 13.1. The summed E-state index contributed by atoms with van der Waals surface area (Å²) in [5.74, 6) is -0.569. The summed E-state index contributed by atoms with van der Waals surface area (Å²) in [6.45, 7) is 8.61. The van der Waals surface area contributed by atoms with Gasteiger partial charge in [-0.2, -0.15) is 0 Å². The Morgan fingerprint density at radius 2 is 1.85 bits per heavy atom. The first-order chi connectivity index (χ1) is 9.56. The van der Waals surface area contributed by atoms with Crippen molar-refractivity contribution in [1.29, 1.82) is 0 Å². The normalized spacial score (nSPS) is 14.3. The molecule has 2 atom stereocenters. The SMILES string of the molecule is CCCCC(CC)C(NCC)c1c(F)ccc(C)c1F. The van der Waals surface area contributed by atoms with Crippen LogP contribution in [-0.2, 0) is 0 Å². The van der Waals surface area contributed by atoms with Gasteiger partial charge in [-0.3, -0.25) is 0 Å².